The minimum atomic E-state index is -3.95. The van der Waals surface area contributed by atoms with Gasteiger partial charge in [-0.25, -0.2) is 0 Å². The average Bonchev–Trinajstić information content (AvgIpc) is 2.12. The number of nitrogens with zero attached hydrogens (tertiary/aromatic N) is 2. The van der Waals surface area contributed by atoms with Crippen LogP contribution < -0.4 is 0 Å². The topological polar surface area (TPSA) is 72.2 Å². The van der Waals surface area contributed by atoms with Gasteiger partial charge in [-0.1, -0.05) is 0 Å². The molecule has 1 aromatic rings. The van der Waals surface area contributed by atoms with Crippen molar-refractivity contribution in [2.24, 2.45) is 0 Å². The van der Waals surface area contributed by atoms with E-state index in [9.17, 15) is 8.42 Å². The smallest absolute Gasteiger partial charge is 0.284 e. The van der Waals surface area contributed by atoms with Gasteiger partial charge >= 0.3 is 0 Å². The largest absolute Gasteiger partial charge is 0.285 e. The summed E-state index contributed by atoms with van der Waals surface area (Å²) in [7, 11) is -3.95. The van der Waals surface area contributed by atoms with Crippen molar-refractivity contribution in [3.05, 3.63) is 18.5 Å². The highest BCUT2D eigenvalue weighted by Crippen LogP contribution is 1.89. The Bertz CT molecular complexity index is 288. The molecule has 0 radical (unpaired) electrons. The molecule has 0 fully saturated rings. The standard InChI is InChI=1S/C4H6N2O3S/c7-10(8,9)4-6-3-1-2-5-6/h1-3H,4H2,(H,7,8,9). The van der Waals surface area contributed by atoms with E-state index in [0.29, 0.717) is 0 Å². The molecule has 0 spiro atoms. The SMILES string of the molecule is O=S(=O)(O)Cn1cccn1. The highest BCUT2D eigenvalue weighted by atomic mass is 32.2. The molecule has 0 aliphatic rings. The molecular formula is C4H6N2O3S. The summed E-state index contributed by atoms with van der Waals surface area (Å²) in [6.07, 6.45) is 2.89. The molecule has 1 heterocycles. The van der Waals surface area contributed by atoms with E-state index in [-0.39, 0.29) is 0 Å². The molecule has 0 atom stereocenters. The summed E-state index contributed by atoms with van der Waals surface area (Å²) in [5.74, 6) is -0.486. The molecule has 0 amide bonds. The molecular weight excluding hydrogens is 156 g/mol. The minimum absolute atomic E-state index is 0.486. The summed E-state index contributed by atoms with van der Waals surface area (Å²) >= 11 is 0. The average molecular weight is 162 g/mol. The third-order valence-electron chi connectivity index (χ3n) is 0.855. The lowest BCUT2D eigenvalue weighted by Crippen LogP contribution is -2.09. The molecule has 56 valence electrons. The van der Waals surface area contributed by atoms with Gasteiger partial charge in [0.2, 0.25) is 0 Å². The van der Waals surface area contributed by atoms with Crippen LogP contribution in [0.2, 0.25) is 0 Å². The van der Waals surface area contributed by atoms with Gasteiger partial charge in [0.15, 0.2) is 5.88 Å². The van der Waals surface area contributed by atoms with Crippen LogP contribution in [0.4, 0.5) is 0 Å². The van der Waals surface area contributed by atoms with Crippen LogP contribution in [0.1, 0.15) is 0 Å². The Labute approximate surface area is 58.0 Å². The maximum Gasteiger partial charge on any atom is 0.285 e. The molecule has 1 N–H and O–H groups in total. The zero-order valence-corrected chi connectivity index (χ0v) is 5.82. The highest BCUT2D eigenvalue weighted by Gasteiger charge is 2.03. The van der Waals surface area contributed by atoms with Crippen molar-refractivity contribution < 1.29 is 13.0 Å². The second kappa shape index (κ2) is 2.39. The summed E-state index contributed by atoms with van der Waals surface area (Å²) in [4.78, 5) is 0. The third kappa shape index (κ3) is 2.16. The Hall–Kier alpha value is -0.880. The first-order valence-electron chi connectivity index (χ1n) is 2.50. The van der Waals surface area contributed by atoms with Crippen molar-refractivity contribution in [3.8, 4) is 0 Å². The lowest BCUT2D eigenvalue weighted by molar-refractivity contribution is 0.466. The molecule has 6 heteroatoms. The van der Waals surface area contributed by atoms with E-state index < -0.39 is 16.0 Å². The molecule has 1 rings (SSSR count). The number of aromatic nitrogens is 2. The van der Waals surface area contributed by atoms with Gasteiger partial charge in [-0.15, -0.1) is 0 Å². The van der Waals surface area contributed by atoms with Crippen LogP contribution in [-0.2, 0) is 16.0 Å². The normalized spacial score (nSPS) is 11.7. The van der Waals surface area contributed by atoms with E-state index in [1.165, 1.54) is 12.4 Å². The molecule has 0 saturated heterocycles. The Morgan fingerprint density at radius 1 is 1.60 bits per heavy atom. The van der Waals surface area contributed by atoms with Gasteiger partial charge in [0.1, 0.15) is 0 Å². The van der Waals surface area contributed by atoms with Crippen molar-refractivity contribution in [1.82, 2.24) is 9.78 Å². The molecule has 1 aromatic heterocycles. The highest BCUT2D eigenvalue weighted by molar-refractivity contribution is 7.84. The summed E-state index contributed by atoms with van der Waals surface area (Å²) in [6.45, 7) is 0. The zero-order valence-electron chi connectivity index (χ0n) is 5.01. The van der Waals surface area contributed by atoms with Gasteiger partial charge in [0.25, 0.3) is 10.1 Å². The fraction of sp³-hybridized carbons (Fsp3) is 0.250. The van der Waals surface area contributed by atoms with E-state index in [2.05, 4.69) is 5.10 Å². The predicted molar refractivity (Wildman–Crippen MR) is 33.8 cm³/mol. The Kier molecular flexibility index (Phi) is 1.73. The molecule has 0 unspecified atom stereocenters. The summed E-state index contributed by atoms with van der Waals surface area (Å²) in [6, 6.07) is 1.57. The van der Waals surface area contributed by atoms with E-state index in [1.54, 1.807) is 6.07 Å². The number of hydrogen-bond acceptors (Lipinski definition) is 3. The van der Waals surface area contributed by atoms with Gasteiger partial charge in [0.05, 0.1) is 0 Å². The molecule has 0 aliphatic heterocycles. The monoisotopic (exact) mass is 162 g/mol. The lowest BCUT2D eigenvalue weighted by Gasteiger charge is -1.94. The second-order valence-electron chi connectivity index (χ2n) is 1.76. The van der Waals surface area contributed by atoms with Crippen molar-refractivity contribution >= 4 is 10.1 Å². The van der Waals surface area contributed by atoms with Gasteiger partial charge in [-0.2, -0.15) is 13.5 Å². The molecule has 10 heavy (non-hydrogen) atoms. The van der Waals surface area contributed by atoms with Crippen LogP contribution in [0.5, 0.6) is 0 Å². The zero-order chi connectivity index (χ0) is 7.61. The van der Waals surface area contributed by atoms with Gasteiger partial charge in [-0.3, -0.25) is 9.23 Å². The third-order valence-corrected chi connectivity index (χ3v) is 1.45. The second-order valence-corrected chi connectivity index (χ2v) is 3.18. The van der Waals surface area contributed by atoms with Crippen LogP contribution in [0.25, 0.3) is 0 Å². The van der Waals surface area contributed by atoms with E-state index >= 15 is 0 Å². The van der Waals surface area contributed by atoms with E-state index in [4.69, 9.17) is 4.55 Å². The maximum atomic E-state index is 10.2. The fourth-order valence-corrected chi connectivity index (χ4v) is 1.03. The van der Waals surface area contributed by atoms with Crippen molar-refractivity contribution in [3.63, 3.8) is 0 Å². The molecule has 5 nitrogen and oxygen atoms in total. The van der Waals surface area contributed by atoms with Crippen LogP contribution in [0.3, 0.4) is 0 Å². The quantitative estimate of drug-likeness (QED) is 0.607. The minimum Gasteiger partial charge on any atom is -0.284 e. The van der Waals surface area contributed by atoms with Crippen LogP contribution in [0, 0.1) is 0 Å². The first-order valence-corrected chi connectivity index (χ1v) is 4.11. The predicted octanol–water partition coefficient (Wildman–Crippen LogP) is -0.272. The maximum absolute atomic E-state index is 10.2. The van der Waals surface area contributed by atoms with Gasteiger partial charge in [0, 0.05) is 12.4 Å². The summed E-state index contributed by atoms with van der Waals surface area (Å²) in [5.41, 5.74) is 0. The molecule has 0 aliphatic carbocycles. The first kappa shape index (κ1) is 7.23. The summed E-state index contributed by atoms with van der Waals surface area (Å²) < 4.78 is 29.8. The van der Waals surface area contributed by atoms with Crippen molar-refractivity contribution in [2.45, 2.75) is 5.88 Å². The van der Waals surface area contributed by atoms with Crippen molar-refractivity contribution in [1.29, 1.82) is 0 Å². The van der Waals surface area contributed by atoms with Crippen LogP contribution in [0.15, 0.2) is 18.5 Å². The van der Waals surface area contributed by atoms with Gasteiger partial charge in [-0.05, 0) is 6.07 Å². The first-order chi connectivity index (χ1) is 4.58. The Balaban J connectivity index is 2.75. The summed E-state index contributed by atoms with van der Waals surface area (Å²) in [5, 5.41) is 3.58. The van der Waals surface area contributed by atoms with Crippen LogP contribution >= 0.6 is 0 Å². The lowest BCUT2D eigenvalue weighted by atomic mass is 10.8. The molecule has 0 bridgehead atoms. The molecule has 0 saturated carbocycles. The number of hydrogen-bond donors (Lipinski definition) is 1. The van der Waals surface area contributed by atoms with E-state index in [1.807, 2.05) is 0 Å². The van der Waals surface area contributed by atoms with Crippen LogP contribution in [-0.4, -0.2) is 22.8 Å². The van der Waals surface area contributed by atoms with Crippen molar-refractivity contribution in [2.75, 3.05) is 0 Å². The van der Waals surface area contributed by atoms with Gasteiger partial charge < -0.3 is 0 Å². The fourth-order valence-electron chi connectivity index (χ4n) is 0.544. The Morgan fingerprint density at radius 3 is 2.70 bits per heavy atom. The number of rotatable bonds is 2. The Morgan fingerprint density at radius 2 is 2.30 bits per heavy atom. The van der Waals surface area contributed by atoms with E-state index in [0.717, 1.165) is 4.68 Å². The molecule has 0 aromatic carbocycles.